The molecule has 0 fully saturated rings. The summed E-state index contributed by atoms with van der Waals surface area (Å²) in [5.41, 5.74) is 3.66. The SMILES string of the molecule is Cc1ccc(-n2c3c(cc(-c4cccc(F)c4Cl)c2=O)-c2ncccc2OC3)cn1. The first-order valence-corrected chi connectivity index (χ1v) is 9.67. The Bertz CT molecular complexity index is 1350. The summed E-state index contributed by atoms with van der Waals surface area (Å²) in [6, 6.07) is 13.4. The Hall–Kier alpha value is -3.51. The Labute approximate surface area is 176 Å². The van der Waals surface area contributed by atoms with Crippen LogP contribution < -0.4 is 10.3 Å². The van der Waals surface area contributed by atoms with Crippen molar-refractivity contribution in [3.63, 3.8) is 0 Å². The van der Waals surface area contributed by atoms with E-state index in [9.17, 15) is 9.18 Å². The number of ether oxygens (including phenoxy) is 1. The van der Waals surface area contributed by atoms with E-state index in [1.54, 1.807) is 30.6 Å². The third kappa shape index (κ3) is 2.88. The molecule has 0 saturated heterocycles. The smallest absolute Gasteiger partial charge is 0.263 e. The number of aromatic nitrogens is 3. The molecule has 1 aromatic carbocycles. The summed E-state index contributed by atoms with van der Waals surface area (Å²) in [4.78, 5) is 22.4. The lowest BCUT2D eigenvalue weighted by Gasteiger charge is -2.24. The molecule has 0 saturated carbocycles. The van der Waals surface area contributed by atoms with Gasteiger partial charge in [-0.3, -0.25) is 19.3 Å². The van der Waals surface area contributed by atoms with Gasteiger partial charge in [0.25, 0.3) is 5.56 Å². The second-order valence-corrected chi connectivity index (χ2v) is 7.33. The van der Waals surface area contributed by atoms with Crippen LogP contribution in [0.5, 0.6) is 5.75 Å². The molecule has 1 aliphatic heterocycles. The highest BCUT2D eigenvalue weighted by atomic mass is 35.5. The van der Waals surface area contributed by atoms with Crippen LogP contribution in [0.15, 0.2) is 65.7 Å². The lowest BCUT2D eigenvalue weighted by atomic mass is 9.99. The molecule has 0 spiro atoms. The van der Waals surface area contributed by atoms with Crippen LogP contribution in [-0.2, 0) is 6.61 Å². The average Bonchev–Trinajstić information content (AvgIpc) is 2.76. The average molecular weight is 420 g/mol. The van der Waals surface area contributed by atoms with Crippen LogP contribution in [0.3, 0.4) is 0 Å². The quantitative estimate of drug-likeness (QED) is 0.461. The number of nitrogens with zero attached hydrogens (tertiary/aromatic N) is 3. The fourth-order valence-corrected chi connectivity index (χ4v) is 3.85. The van der Waals surface area contributed by atoms with Gasteiger partial charge in [-0.15, -0.1) is 0 Å². The van der Waals surface area contributed by atoms with Crippen molar-refractivity contribution in [1.29, 1.82) is 0 Å². The van der Waals surface area contributed by atoms with Crippen LogP contribution in [0.4, 0.5) is 4.39 Å². The van der Waals surface area contributed by atoms with Gasteiger partial charge in [0.05, 0.1) is 22.6 Å². The molecule has 0 unspecified atom stereocenters. The lowest BCUT2D eigenvalue weighted by Crippen LogP contribution is -2.27. The van der Waals surface area contributed by atoms with Gasteiger partial charge in [0.15, 0.2) is 0 Å². The highest BCUT2D eigenvalue weighted by molar-refractivity contribution is 6.33. The third-order valence-electron chi connectivity index (χ3n) is 5.09. The van der Waals surface area contributed by atoms with Crippen molar-refractivity contribution in [1.82, 2.24) is 14.5 Å². The van der Waals surface area contributed by atoms with E-state index in [2.05, 4.69) is 9.97 Å². The van der Waals surface area contributed by atoms with Crippen molar-refractivity contribution in [2.45, 2.75) is 13.5 Å². The number of halogens is 2. The van der Waals surface area contributed by atoms with Crippen molar-refractivity contribution >= 4 is 11.6 Å². The van der Waals surface area contributed by atoms with Crippen LogP contribution in [-0.4, -0.2) is 14.5 Å². The third-order valence-corrected chi connectivity index (χ3v) is 5.47. The number of benzene rings is 1. The zero-order valence-electron chi connectivity index (χ0n) is 15.9. The van der Waals surface area contributed by atoms with E-state index in [1.807, 2.05) is 25.1 Å². The molecule has 4 heterocycles. The Morgan fingerprint density at radius 3 is 2.73 bits per heavy atom. The van der Waals surface area contributed by atoms with Crippen molar-refractivity contribution < 1.29 is 9.13 Å². The molecule has 0 radical (unpaired) electrons. The lowest BCUT2D eigenvalue weighted by molar-refractivity contribution is 0.292. The molecule has 1 aliphatic rings. The van der Waals surface area contributed by atoms with Gasteiger partial charge in [0.1, 0.15) is 23.9 Å². The largest absolute Gasteiger partial charge is 0.485 e. The maximum absolute atomic E-state index is 14.2. The minimum Gasteiger partial charge on any atom is -0.485 e. The Balaban J connectivity index is 1.88. The molecule has 0 amide bonds. The molecular weight excluding hydrogens is 405 g/mol. The first-order valence-electron chi connectivity index (χ1n) is 9.29. The van der Waals surface area contributed by atoms with E-state index in [0.717, 1.165) is 11.3 Å². The molecule has 5 nitrogen and oxygen atoms in total. The first-order chi connectivity index (χ1) is 14.5. The molecule has 5 rings (SSSR count). The van der Waals surface area contributed by atoms with Gasteiger partial charge in [-0.2, -0.15) is 0 Å². The monoisotopic (exact) mass is 419 g/mol. The second kappa shape index (κ2) is 7.07. The van der Waals surface area contributed by atoms with Crippen LogP contribution in [0.25, 0.3) is 28.1 Å². The van der Waals surface area contributed by atoms with E-state index in [1.165, 1.54) is 16.7 Å². The highest BCUT2D eigenvalue weighted by Crippen LogP contribution is 2.38. The normalized spacial score (nSPS) is 12.1. The van der Waals surface area contributed by atoms with Gasteiger partial charge in [-0.05, 0) is 43.3 Å². The molecule has 3 aromatic heterocycles. The van der Waals surface area contributed by atoms with E-state index in [0.29, 0.717) is 28.4 Å². The number of hydrogen-bond acceptors (Lipinski definition) is 4. The van der Waals surface area contributed by atoms with Crippen LogP contribution >= 0.6 is 11.6 Å². The number of rotatable bonds is 2. The van der Waals surface area contributed by atoms with Gasteiger partial charge in [-0.25, -0.2) is 4.39 Å². The van der Waals surface area contributed by atoms with Gasteiger partial charge >= 0.3 is 0 Å². The molecule has 0 atom stereocenters. The number of aryl methyl sites for hydroxylation is 1. The van der Waals surface area contributed by atoms with Crippen molar-refractivity contribution in [3.8, 4) is 33.8 Å². The molecular formula is C23H15ClFN3O2. The molecule has 0 aliphatic carbocycles. The summed E-state index contributed by atoms with van der Waals surface area (Å²) < 4.78 is 21.5. The highest BCUT2D eigenvalue weighted by Gasteiger charge is 2.26. The van der Waals surface area contributed by atoms with Gasteiger partial charge in [0.2, 0.25) is 0 Å². The summed E-state index contributed by atoms with van der Waals surface area (Å²) in [5, 5.41) is -0.101. The summed E-state index contributed by atoms with van der Waals surface area (Å²) in [6.45, 7) is 2.06. The van der Waals surface area contributed by atoms with E-state index >= 15 is 0 Å². The van der Waals surface area contributed by atoms with Gasteiger partial charge < -0.3 is 4.74 Å². The number of pyridine rings is 3. The van der Waals surface area contributed by atoms with Crippen LogP contribution in [0, 0.1) is 12.7 Å². The molecule has 4 aromatic rings. The molecule has 0 bridgehead atoms. The van der Waals surface area contributed by atoms with Crippen molar-refractivity contribution in [2.24, 2.45) is 0 Å². The molecule has 0 N–H and O–H groups in total. The Morgan fingerprint density at radius 1 is 1.07 bits per heavy atom. The Morgan fingerprint density at radius 2 is 1.93 bits per heavy atom. The maximum atomic E-state index is 14.2. The van der Waals surface area contributed by atoms with E-state index < -0.39 is 5.82 Å². The number of hydrogen-bond donors (Lipinski definition) is 0. The first kappa shape index (κ1) is 18.5. The summed E-state index contributed by atoms with van der Waals surface area (Å²) in [6.07, 6.45) is 3.29. The van der Waals surface area contributed by atoms with Gasteiger partial charge in [-0.1, -0.05) is 23.7 Å². The molecule has 7 heteroatoms. The summed E-state index contributed by atoms with van der Waals surface area (Å²) in [5.74, 6) is 0.0326. The number of fused-ring (bicyclic) bond motifs is 3. The minimum absolute atomic E-state index is 0.101. The van der Waals surface area contributed by atoms with Crippen LogP contribution in [0.2, 0.25) is 5.02 Å². The Kier molecular flexibility index (Phi) is 4.37. The predicted octanol–water partition coefficient (Wildman–Crippen LogP) is 4.95. The minimum atomic E-state index is -0.586. The van der Waals surface area contributed by atoms with Gasteiger partial charge in [0, 0.05) is 28.6 Å². The maximum Gasteiger partial charge on any atom is 0.263 e. The fraction of sp³-hybridized carbons (Fsp3) is 0.0870. The fourth-order valence-electron chi connectivity index (χ4n) is 3.63. The van der Waals surface area contributed by atoms with E-state index in [-0.39, 0.29) is 22.8 Å². The topological polar surface area (TPSA) is 57.0 Å². The second-order valence-electron chi connectivity index (χ2n) is 6.96. The standard InChI is InChI=1S/C23H15ClFN3O2/c1-13-7-8-14(11-27-13)28-19-12-30-20-6-3-9-26-22(20)17(19)10-16(23(28)29)15-4-2-5-18(25)21(15)24/h2-11H,12H2,1H3. The van der Waals surface area contributed by atoms with Crippen molar-refractivity contribution in [2.75, 3.05) is 0 Å². The van der Waals surface area contributed by atoms with Crippen LogP contribution in [0.1, 0.15) is 11.4 Å². The zero-order valence-corrected chi connectivity index (χ0v) is 16.7. The molecule has 148 valence electrons. The summed E-state index contributed by atoms with van der Waals surface area (Å²) in [7, 11) is 0. The zero-order chi connectivity index (χ0) is 20.8. The molecule has 30 heavy (non-hydrogen) atoms. The van der Waals surface area contributed by atoms with Crippen molar-refractivity contribution in [3.05, 3.63) is 93.5 Å². The summed E-state index contributed by atoms with van der Waals surface area (Å²) >= 11 is 6.23. The predicted molar refractivity (Wildman–Crippen MR) is 113 cm³/mol. The van der Waals surface area contributed by atoms with E-state index in [4.69, 9.17) is 16.3 Å².